The molecule has 2 amide bonds. The lowest BCUT2D eigenvalue weighted by atomic mass is 9.48. The average molecular weight is 520 g/mol. The molecule has 1 spiro atoms. The van der Waals surface area contributed by atoms with Gasteiger partial charge in [-0.3, -0.25) is 14.4 Å². The molecule has 1 aromatic rings. The highest BCUT2D eigenvalue weighted by atomic mass is 16.6. The molecule has 3 rings (SSSR count). The molecule has 11 nitrogen and oxygen atoms in total. The van der Waals surface area contributed by atoms with Gasteiger partial charge in [0.25, 0.3) is 5.91 Å². The third kappa shape index (κ3) is 4.05. The number of nitrogens with zero attached hydrogens (tertiary/aromatic N) is 1. The zero-order valence-electron chi connectivity index (χ0n) is 21.9. The van der Waals surface area contributed by atoms with Gasteiger partial charge in [0.1, 0.15) is 23.1 Å². The predicted molar refractivity (Wildman–Crippen MR) is 129 cm³/mol. The number of esters is 2. The van der Waals surface area contributed by atoms with Crippen LogP contribution in [0.25, 0.3) is 0 Å². The number of carbonyl (C=O) groups is 5. The Morgan fingerprint density at radius 1 is 1.11 bits per heavy atom. The normalized spacial score (nSPS) is 24.3. The fraction of sp³-hybridized carbons (Fsp3) is 0.577. The van der Waals surface area contributed by atoms with Crippen LogP contribution in [0.1, 0.15) is 53.0 Å². The lowest BCUT2D eigenvalue weighted by molar-refractivity contribution is -0.198. The number of amides is 2. The van der Waals surface area contributed by atoms with Crippen molar-refractivity contribution in [3.63, 3.8) is 0 Å². The van der Waals surface area contributed by atoms with E-state index in [-0.39, 0.29) is 43.1 Å². The summed E-state index contributed by atoms with van der Waals surface area (Å²) in [5.74, 6) is -4.71. The Morgan fingerprint density at radius 3 is 2.19 bits per heavy atom. The monoisotopic (exact) mass is 519 g/mol. The van der Waals surface area contributed by atoms with E-state index in [2.05, 4.69) is 0 Å². The largest absolute Gasteiger partial charge is 0.497 e. The summed E-state index contributed by atoms with van der Waals surface area (Å²) < 4.78 is 21.4. The van der Waals surface area contributed by atoms with Gasteiger partial charge in [0.2, 0.25) is 0 Å². The molecule has 1 aromatic carbocycles. The van der Waals surface area contributed by atoms with Gasteiger partial charge in [-0.05, 0) is 65.7 Å². The summed E-state index contributed by atoms with van der Waals surface area (Å²) in [6.45, 7) is 7.44. The summed E-state index contributed by atoms with van der Waals surface area (Å²) in [4.78, 5) is 68.6. The molecule has 1 N–H and O–H groups in total. The second-order valence-electron chi connectivity index (χ2n) is 9.90. The third-order valence-electron chi connectivity index (χ3n) is 6.77. The summed E-state index contributed by atoms with van der Waals surface area (Å²) in [6, 6.07) is 4.23. The van der Waals surface area contributed by atoms with Crippen LogP contribution in [0.5, 0.6) is 5.75 Å². The van der Waals surface area contributed by atoms with Crippen LogP contribution in [-0.4, -0.2) is 67.4 Å². The zero-order valence-corrected chi connectivity index (χ0v) is 21.9. The van der Waals surface area contributed by atoms with Crippen molar-refractivity contribution in [2.45, 2.75) is 64.6 Å². The van der Waals surface area contributed by atoms with Crippen LogP contribution in [0.4, 0.5) is 10.5 Å². The quantitative estimate of drug-likeness (QED) is 0.257. The number of anilines is 1. The molecule has 0 saturated heterocycles. The molecule has 0 radical (unpaired) electrons. The molecule has 0 unspecified atom stereocenters. The van der Waals surface area contributed by atoms with Gasteiger partial charge >= 0.3 is 18.0 Å². The van der Waals surface area contributed by atoms with E-state index in [4.69, 9.17) is 18.9 Å². The number of aliphatic hydroxyl groups is 1. The van der Waals surface area contributed by atoms with Crippen molar-refractivity contribution in [2.24, 2.45) is 11.3 Å². The molecule has 1 aliphatic heterocycles. The highest BCUT2D eigenvalue weighted by Crippen LogP contribution is 2.62. The molecule has 1 aliphatic carbocycles. The molecular formula is C26H33NO10. The Bertz CT molecular complexity index is 1090. The highest BCUT2D eigenvalue weighted by molar-refractivity contribution is 6.26. The van der Waals surface area contributed by atoms with Crippen molar-refractivity contribution in [2.75, 3.05) is 25.2 Å². The number of hydrogen-bond donors (Lipinski definition) is 1. The van der Waals surface area contributed by atoms with Crippen LogP contribution in [0.15, 0.2) is 18.2 Å². The Hall–Kier alpha value is -3.47. The molecule has 0 aromatic heterocycles. The van der Waals surface area contributed by atoms with E-state index in [1.54, 1.807) is 20.8 Å². The number of benzene rings is 1. The maximum atomic E-state index is 14.5. The fourth-order valence-corrected chi connectivity index (χ4v) is 5.44. The Labute approximate surface area is 215 Å². The van der Waals surface area contributed by atoms with Gasteiger partial charge in [-0.1, -0.05) is 0 Å². The topological polar surface area (TPSA) is 146 Å². The number of aldehydes is 1. The van der Waals surface area contributed by atoms with Crippen LogP contribution in [0.3, 0.4) is 0 Å². The van der Waals surface area contributed by atoms with Gasteiger partial charge in [0.15, 0.2) is 5.41 Å². The van der Waals surface area contributed by atoms with Gasteiger partial charge in [-0.2, -0.15) is 0 Å². The summed E-state index contributed by atoms with van der Waals surface area (Å²) in [6.07, 6.45) is -2.60. The van der Waals surface area contributed by atoms with Gasteiger partial charge < -0.3 is 28.8 Å². The first-order valence-electron chi connectivity index (χ1n) is 12.1. The Kier molecular flexibility index (Phi) is 7.69. The average Bonchev–Trinajstić information content (AvgIpc) is 3.08. The number of rotatable bonds is 6. The number of imide groups is 1. The van der Waals surface area contributed by atoms with Gasteiger partial charge in [0.05, 0.1) is 32.1 Å². The number of aliphatic hydroxyl groups excluding tert-OH is 1. The maximum Gasteiger partial charge on any atom is 0.421 e. The van der Waals surface area contributed by atoms with Crippen LogP contribution in [-0.2, 0) is 38.8 Å². The van der Waals surface area contributed by atoms with Crippen LogP contribution >= 0.6 is 0 Å². The smallest absolute Gasteiger partial charge is 0.421 e. The second kappa shape index (κ2) is 10.1. The minimum atomic E-state index is -2.63. The molecule has 37 heavy (non-hydrogen) atoms. The first-order valence-corrected chi connectivity index (χ1v) is 12.1. The number of carbonyl (C=O) groups excluding carboxylic acids is 5. The van der Waals surface area contributed by atoms with E-state index < -0.39 is 52.4 Å². The van der Waals surface area contributed by atoms with E-state index in [9.17, 15) is 29.1 Å². The Morgan fingerprint density at radius 2 is 1.70 bits per heavy atom. The van der Waals surface area contributed by atoms with E-state index >= 15 is 0 Å². The first-order chi connectivity index (χ1) is 17.4. The van der Waals surface area contributed by atoms with E-state index in [1.807, 2.05) is 0 Å². The molecule has 2 aliphatic rings. The second-order valence-corrected chi connectivity index (χ2v) is 9.90. The highest BCUT2D eigenvalue weighted by Gasteiger charge is 2.79. The van der Waals surface area contributed by atoms with Crippen molar-refractivity contribution in [3.05, 3.63) is 23.8 Å². The molecule has 3 atom stereocenters. The lowest BCUT2D eigenvalue weighted by Gasteiger charge is -2.51. The molecule has 0 bridgehead atoms. The lowest BCUT2D eigenvalue weighted by Crippen LogP contribution is -2.71. The maximum absolute atomic E-state index is 14.5. The number of methoxy groups -OCH3 is 1. The zero-order chi connectivity index (χ0) is 27.8. The van der Waals surface area contributed by atoms with Gasteiger partial charge in [-0.15, -0.1) is 0 Å². The molecule has 1 saturated carbocycles. The number of ether oxygens (including phenoxy) is 4. The van der Waals surface area contributed by atoms with Crippen LogP contribution < -0.4 is 9.64 Å². The summed E-state index contributed by atoms with van der Waals surface area (Å²) in [5, 5.41) is 11.6. The predicted octanol–water partition coefficient (Wildman–Crippen LogP) is 2.30. The van der Waals surface area contributed by atoms with Gasteiger partial charge in [-0.25, -0.2) is 9.69 Å². The van der Waals surface area contributed by atoms with Crippen molar-refractivity contribution >= 4 is 35.9 Å². The molecule has 202 valence electrons. The van der Waals surface area contributed by atoms with Crippen LogP contribution in [0, 0.1) is 11.3 Å². The summed E-state index contributed by atoms with van der Waals surface area (Å²) in [7, 11) is 1.37. The van der Waals surface area contributed by atoms with E-state index in [1.165, 1.54) is 39.2 Å². The van der Waals surface area contributed by atoms with E-state index in [0.717, 1.165) is 0 Å². The number of hydrogen-bond acceptors (Lipinski definition) is 10. The third-order valence-corrected chi connectivity index (χ3v) is 6.77. The molecular weight excluding hydrogens is 486 g/mol. The SMILES string of the molecule is CCOC(=O)C1(C(=O)OCC)[C@@H](C=O)CC[C@H](O)[C@@]12C(=O)N(C(=O)OC(C)(C)C)c1ccc(OC)cc12. The molecule has 1 fully saturated rings. The minimum Gasteiger partial charge on any atom is -0.497 e. The van der Waals surface area contributed by atoms with Crippen LogP contribution in [0.2, 0.25) is 0 Å². The Balaban J connectivity index is 2.49. The molecule has 1 heterocycles. The van der Waals surface area contributed by atoms with Crippen molar-refractivity contribution in [1.82, 2.24) is 0 Å². The fourth-order valence-electron chi connectivity index (χ4n) is 5.44. The standard InChI is InChI=1S/C26H33NO10/c1-7-35-21(31)25(22(32)36-8-2)15(14-28)9-12-19(29)26(25)17-13-16(34-6)10-11-18(17)27(20(26)30)23(33)37-24(3,4)5/h10-11,13-15,19,29H,7-9,12H2,1-6H3/t15-,19+,26+/m1/s1. The molecule has 11 heteroatoms. The summed E-state index contributed by atoms with van der Waals surface area (Å²) in [5.41, 5.74) is -6.16. The van der Waals surface area contributed by atoms with Gasteiger partial charge in [0, 0.05) is 11.5 Å². The van der Waals surface area contributed by atoms with Crippen molar-refractivity contribution in [3.8, 4) is 5.75 Å². The minimum absolute atomic E-state index is 0.0244. The van der Waals surface area contributed by atoms with Crippen molar-refractivity contribution < 1.29 is 48.0 Å². The summed E-state index contributed by atoms with van der Waals surface area (Å²) >= 11 is 0. The first kappa shape index (κ1) is 28.1. The number of fused-ring (bicyclic) bond motifs is 2. The van der Waals surface area contributed by atoms with E-state index in [0.29, 0.717) is 11.2 Å². The van der Waals surface area contributed by atoms with Crippen molar-refractivity contribution in [1.29, 1.82) is 0 Å².